The lowest BCUT2D eigenvalue weighted by Gasteiger charge is -2.23. The van der Waals surface area contributed by atoms with Crippen LogP contribution >= 0.6 is 0 Å². The molecular weight excluding hydrogens is 360 g/mol. The first-order valence-corrected chi connectivity index (χ1v) is 9.12. The predicted octanol–water partition coefficient (Wildman–Crippen LogP) is 2.11. The van der Waals surface area contributed by atoms with E-state index in [1.165, 1.54) is 5.06 Å². The minimum atomic E-state index is -0.993. The van der Waals surface area contributed by atoms with Gasteiger partial charge in [0.2, 0.25) is 5.91 Å². The molecular formula is C20H20N4O4. The molecule has 1 aliphatic rings. The molecule has 3 aromatic rings. The molecule has 0 saturated carbocycles. The van der Waals surface area contributed by atoms with Crippen molar-refractivity contribution in [3.05, 3.63) is 59.5 Å². The number of hydroxylamine groups is 2. The highest BCUT2D eigenvalue weighted by atomic mass is 16.7. The quantitative estimate of drug-likeness (QED) is 0.678. The van der Waals surface area contributed by atoms with E-state index in [2.05, 4.69) is 15.0 Å². The molecule has 2 N–H and O–H groups in total. The van der Waals surface area contributed by atoms with Crippen LogP contribution in [0.4, 0.5) is 0 Å². The van der Waals surface area contributed by atoms with E-state index in [9.17, 15) is 14.7 Å². The van der Waals surface area contributed by atoms with Gasteiger partial charge < -0.3 is 10.1 Å². The number of nitrogens with one attached hydrogen (secondary N) is 1. The number of hydrogen-bond donors (Lipinski definition) is 2. The number of carboxylic acids is 1. The largest absolute Gasteiger partial charge is 0.481 e. The first-order chi connectivity index (χ1) is 13.6. The van der Waals surface area contributed by atoms with Crippen LogP contribution in [-0.2, 0) is 33.8 Å². The average molecular weight is 380 g/mol. The van der Waals surface area contributed by atoms with Crippen LogP contribution in [0.5, 0.6) is 0 Å². The molecule has 1 amide bonds. The number of aromatic amines is 1. The van der Waals surface area contributed by atoms with Crippen molar-refractivity contribution in [3.8, 4) is 0 Å². The third-order valence-corrected chi connectivity index (χ3v) is 4.81. The zero-order valence-corrected chi connectivity index (χ0v) is 15.2. The number of aromatic nitrogens is 3. The van der Waals surface area contributed by atoms with Crippen molar-refractivity contribution < 1.29 is 19.5 Å². The van der Waals surface area contributed by atoms with Gasteiger partial charge in [-0.15, -0.1) is 0 Å². The molecule has 0 radical (unpaired) electrons. The lowest BCUT2D eigenvalue weighted by molar-refractivity contribution is -0.194. The number of hydrogen-bond acceptors (Lipinski definition) is 5. The Balaban J connectivity index is 1.47. The van der Waals surface area contributed by atoms with Crippen LogP contribution in [0.25, 0.3) is 11.2 Å². The summed E-state index contributed by atoms with van der Waals surface area (Å²) in [6.07, 6.45) is 2.34. The predicted molar refractivity (Wildman–Crippen MR) is 100.0 cm³/mol. The lowest BCUT2D eigenvalue weighted by Crippen LogP contribution is -2.36. The first kappa shape index (κ1) is 18.1. The van der Waals surface area contributed by atoms with Gasteiger partial charge in [0.15, 0.2) is 5.65 Å². The molecule has 1 unspecified atom stereocenters. The molecule has 1 aromatic carbocycles. The highest BCUT2D eigenvalue weighted by Crippen LogP contribution is 2.25. The van der Waals surface area contributed by atoms with Gasteiger partial charge in [-0.3, -0.25) is 14.4 Å². The maximum atomic E-state index is 12.8. The number of carbonyl (C=O) groups is 2. The number of benzene rings is 1. The second-order valence-corrected chi connectivity index (χ2v) is 6.78. The third kappa shape index (κ3) is 3.86. The normalized spacial score (nSPS) is 16.8. The Kier molecular flexibility index (Phi) is 5.03. The van der Waals surface area contributed by atoms with Crippen molar-refractivity contribution in [1.82, 2.24) is 20.0 Å². The second kappa shape index (κ2) is 7.77. The SMILES string of the molecule is O=C(O)CC1Cc2ccccc2CN(OCCc2nc3ncccc3[nH]2)C1=O. The van der Waals surface area contributed by atoms with Crippen molar-refractivity contribution in [3.63, 3.8) is 0 Å². The van der Waals surface area contributed by atoms with Crippen molar-refractivity contribution in [2.45, 2.75) is 25.8 Å². The zero-order valence-electron chi connectivity index (χ0n) is 15.2. The minimum Gasteiger partial charge on any atom is -0.481 e. The maximum absolute atomic E-state index is 12.8. The van der Waals surface area contributed by atoms with E-state index in [1.54, 1.807) is 6.20 Å². The van der Waals surface area contributed by atoms with Crippen molar-refractivity contribution in [1.29, 1.82) is 0 Å². The number of amides is 1. The van der Waals surface area contributed by atoms with E-state index < -0.39 is 11.9 Å². The topological polar surface area (TPSA) is 108 Å². The summed E-state index contributed by atoms with van der Waals surface area (Å²) in [5.41, 5.74) is 3.44. The average Bonchev–Trinajstić information content (AvgIpc) is 3.04. The molecule has 2 aromatic heterocycles. The van der Waals surface area contributed by atoms with Gasteiger partial charge in [0, 0.05) is 12.6 Å². The van der Waals surface area contributed by atoms with Gasteiger partial charge >= 0.3 is 5.97 Å². The Labute approximate surface area is 161 Å². The van der Waals surface area contributed by atoms with Gasteiger partial charge in [-0.25, -0.2) is 15.0 Å². The van der Waals surface area contributed by atoms with Gasteiger partial charge in [-0.05, 0) is 29.7 Å². The number of pyridine rings is 1. The maximum Gasteiger partial charge on any atom is 0.304 e. The second-order valence-electron chi connectivity index (χ2n) is 6.78. The standard InChI is InChI=1S/C20H20N4O4/c25-18(26)11-15-10-13-4-1-2-5-14(13)12-24(20(15)27)28-9-7-17-22-16-6-3-8-21-19(16)23-17/h1-6,8,15H,7,9-12H2,(H,25,26)(H,21,22,23). The van der Waals surface area contributed by atoms with Gasteiger partial charge in [0.1, 0.15) is 5.82 Å². The number of carboxylic acid groups (broad SMARTS) is 1. The van der Waals surface area contributed by atoms with Crippen LogP contribution in [0.1, 0.15) is 23.4 Å². The summed E-state index contributed by atoms with van der Waals surface area (Å²) < 4.78 is 0. The van der Waals surface area contributed by atoms with Crippen LogP contribution in [-0.4, -0.2) is 43.6 Å². The van der Waals surface area contributed by atoms with E-state index in [0.717, 1.165) is 22.5 Å². The van der Waals surface area contributed by atoms with Gasteiger partial charge in [0.25, 0.3) is 0 Å². The Morgan fingerprint density at radius 1 is 1.25 bits per heavy atom. The van der Waals surface area contributed by atoms with Crippen LogP contribution < -0.4 is 0 Å². The van der Waals surface area contributed by atoms with E-state index in [4.69, 9.17) is 4.84 Å². The minimum absolute atomic E-state index is 0.220. The molecule has 0 bridgehead atoms. The fourth-order valence-corrected chi connectivity index (χ4v) is 3.45. The molecule has 4 rings (SSSR count). The number of fused-ring (bicyclic) bond motifs is 2. The number of aliphatic carboxylic acids is 1. The monoisotopic (exact) mass is 380 g/mol. The number of rotatable bonds is 6. The van der Waals surface area contributed by atoms with E-state index in [-0.39, 0.29) is 18.9 Å². The van der Waals surface area contributed by atoms with Gasteiger partial charge in [0.05, 0.1) is 31.0 Å². The van der Waals surface area contributed by atoms with Crippen LogP contribution in [0.15, 0.2) is 42.6 Å². The van der Waals surface area contributed by atoms with E-state index >= 15 is 0 Å². The molecule has 1 aliphatic heterocycles. The molecule has 0 fully saturated rings. The number of imidazole rings is 1. The molecule has 8 nitrogen and oxygen atoms in total. The van der Waals surface area contributed by atoms with Gasteiger partial charge in [-0.2, -0.15) is 0 Å². The summed E-state index contributed by atoms with van der Waals surface area (Å²) in [5, 5.41) is 10.5. The smallest absolute Gasteiger partial charge is 0.304 e. The van der Waals surface area contributed by atoms with Gasteiger partial charge in [-0.1, -0.05) is 24.3 Å². The van der Waals surface area contributed by atoms with E-state index in [1.807, 2.05) is 36.4 Å². The Morgan fingerprint density at radius 2 is 2.07 bits per heavy atom. The molecule has 8 heteroatoms. The lowest BCUT2D eigenvalue weighted by atomic mass is 9.94. The number of H-pyrrole nitrogens is 1. The Morgan fingerprint density at radius 3 is 2.86 bits per heavy atom. The molecule has 1 atom stereocenters. The Hall–Kier alpha value is -3.26. The summed E-state index contributed by atoms with van der Waals surface area (Å²) in [7, 11) is 0. The Bertz CT molecular complexity index is 983. The van der Waals surface area contributed by atoms with Crippen LogP contribution in [0.3, 0.4) is 0 Å². The molecule has 0 saturated heterocycles. The first-order valence-electron chi connectivity index (χ1n) is 9.12. The summed E-state index contributed by atoms with van der Waals surface area (Å²) in [5.74, 6) is -1.22. The van der Waals surface area contributed by atoms with Crippen LogP contribution in [0.2, 0.25) is 0 Å². The highest BCUT2D eigenvalue weighted by Gasteiger charge is 2.31. The molecule has 144 valence electrons. The summed E-state index contributed by atoms with van der Waals surface area (Å²) in [6.45, 7) is 0.542. The highest BCUT2D eigenvalue weighted by molar-refractivity contribution is 5.83. The molecule has 0 aliphatic carbocycles. The van der Waals surface area contributed by atoms with E-state index in [0.29, 0.717) is 25.0 Å². The summed E-state index contributed by atoms with van der Waals surface area (Å²) in [6, 6.07) is 11.4. The third-order valence-electron chi connectivity index (χ3n) is 4.81. The van der Waals surface area contributed by atoms with Crippen molar-refractivity contribution in [2.75, 3.05) is 6.61 Å². The fraction of sp³-hybridized carbons (Fsp3) is 0.300. The summed E-state index contributed by atoms with van der Waals surface area (Å²) in [4.78, 5) is 41.5. The van der Waals surface area contributed by atoms with Crippen molar-refractivity contribution >= 4 is 23.0 Å². The fourth-order valence-electron chi connectivity index (χ4n) is 3.45. The number of carbonyl (C=O) groups excluding carboxylic acids is 1. The zero-order chi connectivity index (χ0) is 19.5. The summed E-state index contributed by atoms with van der Waals surface area (Å²) >= 11 is 0. The number of nitrogens with zero attached hydrogens (tertiary/aromatic N) is 3. The van der Waals surface area contributed by atoms with Crippen molar-refractivity contribution in [2.24, 2.45) is 5.92 Å². The molecule has 28 heavy (non-hydrogen) atoms. The van der Waals surface area contributed by atoms with Crippen LogP contribution in [0, 0.1) is 5.92 Å². The molecule has 0 spiro atoms. The molecule has 3 heterocycles.